The number of ether oxygens (including phenoxy) is 2. The third-order valence-corrected chi connectivity index (χ3v) is 6.06. The van der Waals surface area contributed by atoms with Crippen LogP contribution < -0.4 is 15.6 Å². The summed E-state index contributed by atoms with van der Waals surface area (Å²) < 4.78 is 38.4. The van der Waals surface area contributed by atoms with Gasteiger partial charge in [-0.25, -0.2) is 18.8 Å². The molecule has 13 heteroatoms. The SMILES string of the molecule is C.COCCN1OC[C@@H](NC(=O)c2ccc(C)c(-n3cnc(OCc4ccc(F)cc4F)c(Cl)c3=O)c2)C1=O. The van der Waals surface area contributed by atoms with Gasteiger partial charge in [-0.1, -0.05) is 25.1 Å². The summed E-state index contributed by atoms with van der Waals surface area (Å²) in [7, 11) is 1.50. The van der Waals surface area contributed by atoms with Crippen LogP contribution in [0.5, 0.6) is 5.88 Å². The number of aromatic nitrogens is 2. The lowest BCUT2D eigenvalue weighted by Gasteiger charge is -2.15. The molecule has 0 saturated carbocycles. The number of amides is 2. The van der Waals surface area contributed by atoms with Crippen molar-refractivity contribution in [1.29, 1.82) is 0 Å². The molecule has 1 aromatic heterocycles. The molecule has 1 N–H and O–H groups in total. The van der Waals surface area contributed by atoms with Crippen LogP contribution in [0.25, 0.3) is 5.69 Å². The summed E-state index contributed by atoms with van der Waals surface area (Å²) in [6, 6.07) is 6.77. The summed E-state index contributed by atoms with van der Waals surface area (Å²) in [6.07, 6.45) is 1.16. The predicted molar refractivity (Wildman–Crippen MR) is 138 cm³/mol. The Bertz CT molecular complexity index is 1430. The molecule has 4 rings (SSSR count). The second kappa shape index (κ2) is 12.8. The summed E-state index contributed by atoms with van der Waals surface area (Å²) >= 11 is 6.19. The van der Waals surface area contributed by atoms with E-state index < -0.39 is 35.0 Å². The first kappa shape index (κ1) is 29.7. The van der Waals surface area contributed by atoms with Crippen molar-refractivity contribution in [2.24, 2.45) is 0 Å². The maximum Gasteiger partial charge on any atom is 0.280 e. The molecular weight excluding hydrogens is 538 g/mol. The fraction of sp³-hybridized carbons (Fsp3) is 0.308. The van der Waals surface area contributed by atoms with Crippen molar-refractivity contribution < 1.29 is 32.7 Å². The van der Waals surface area contributed by atoms with Crippen LogP contribution in [-0.4, -0.2) is 59.3 Å². The molecular formula is C26H27ClF2N4O6. The third kappa shape index (κ3) is 6.59. The smallest absolute Gasteiger partial charge is 0.280 e. The molecule has 2 aromatic carbocycles. The lowest BCUT2D eigenvalue weighted by molar-refractivity contribution is -0.164. The second-order valence-corrected chi connectivity index (χ2v) is 8.70. The van der Waals surface area contributed by atoms with Crippen molar-refractivity contribution in [3.8, 4) is 11.6 Å². The fourth-order valence-electron chi connectivity index (χ4n) is 3.65. The maximum atomic E-state index is 13.9. The van der Waals surface area contributed by atoms with Gasteiger partial charge in [-0.3, -0.25) is 23.8 Å². The summed E-state index contributed by atoms with van der Waals surface area (Å²) in [5.41, 5.74) is 0.503. The number of nitrogens with one attached hydrogen (secondary N) is 1. The minimum Gasteiger partial charge on any atom is -0.471 e. The molecule has 2 heterocycles. The highest BCUT2D eigenvalue weighted by atomic mass is 35.5. The molecule has 1 saturated heterocycles. The summed E-state index contributed by atoms with van der Waals surface area (Å²) in [4.78, 5) is 47.7. The van der Waals surface area contributed by atoms with E-state index in [2.05, 4.69) is 10.3 Å². The number of nitrogens with zero attached hydrogens (tertiary/aromatic N) is 3. The zero-order chi connectivity index (χ0) is 27.4. The lowest BCUT2D eigenvalue weighted by atomic mass is 10.1. The molecule has 0 aliphatic carbocycles. The largest absolute Gasteiger partial charge is 0.471 e. The van der Waals surface area contributed by atoms with E-state index >= 15 is 0 Å². The van der Waals surface area contributed by atoms with Crippen molar-refractivity contribution in [2.75, 3.05) is 26.9 Å². The molecule has 1 aliphatic rings. The summed E-state index contributed by atoms with van der Waals surface area (Å²) in [5.74, 6) is -2.72. The van der Waals surface area contributed by atoms with Gasteiger partial charge >= 0.3 is 0 Å². The molecule has 0 unspecified atom stereocenters. The van der Waals surface area contributed by atoms with E-state index in [1.54, 1.807) is 19.1 Å². The van der Waals surface area contributed by atoms with Crippen LogP contribution in [0.1, 0.15) is 28.9 Å². The van der Waals surface area contributed by atoms with Gasteiger partial charge < -0.3 is 14.8 Å². The van der Waals surface area contributed by atoms with E-state index in [-0.39, 0.29) is 55.8 Å². The Balaban J connectivity index is 0.00000420. The molecule has 1 atom stereocenters. The van der Waals surface area contributed by atoms with Crippen LogP contribution >= 0.6 is 11.6 Å². The van der Waals surface area contributed by atoms with Gasteiger partial charge in [-0.15, -0.1) is 0 Å². The van der Waals surface area contributed by atoms with Crippen LogP contribution in [0.2, 0.25) is 5.02 Å². The molecule has 1 fully saturated rings. The van der Waals surface area contributed by atoms with Crippen molar-refractivity contribution in [2.45, 2.75) is 27.0 Å². The third-order valence-electron chi connectivity index (χ3n) is 5.74. The topological polar surface area (TPSA) is 112 Å². The Labute approximate surface area is 228 Å². The average molecular weight is 565 g/mol. The average Bonchev–Trinajstić information content (AvgIpc) is 3.23. The number of rotatable bonds is 9. The van der Waals surface area contributed by atoms with E-state index in [1.165, 1.54) is 19.2 Å². The van der Waals surface area contributed by atoms with Crippen molar-refractivity contribution in [3.05, 3.63) is 86.4 Å². The van der Waals surface area contributed by atoms with Gasteiger partial charge in [0.25, 0.3) is 17.4 Å². The molecule has 208 valence electrons. The number of methoxy groups -OCH3 is 1. The predicted octanol–water partition coefficient (Wildman–Crippen LogP) is 3.21. The Morgan fingerprint density at radius 1 is 1.23 bits per heavy atom. The minimum absolute atomic E-state index is 0. The Hall–Kier alpha value is -3.87. The number of aryl methyl sites for hydroxylation is 1. The first-order valence-corrected chi connectivity index (χ1v) is 11.8. The van der Waals surface area contributed by atoms with Crippen LogP contribution in [0.15, 0.2) is 47.5 Å². The molecule has 10 nitrogen and oxygen atoms in total. The van der Waals surface area contributed by atoms with E-state index in [4.69, 9.17) is 25.9 Å². The van der Waals surface area contributed by atoms with Crippen molar-refractivity contribution >= 4 is 23.4 Å². The Morgan fingerprint density at radius 3 is 2.72 bits per heavy atom. The van der Waals surface area contributed by atoms with E-state index in [9.17, 15) is 23.2 Å². The summed E-state index contributed by atoms with van der Waals surface area (Å²) in [6.45, 7) is 1.89. The highest BCUT2D eigenvalue weighted by molar-refractivity contribution is 6.31. The highest BCUT2D eigenvalue weighted by Gasteiger charge is 2.34. The van der Waals surface area contributed by atoms with E-state index in [1.807, 2.05) is 0 Å². The van der Waals surface area contributed by atoms with E-state index in [0.29, 0.717) is 17.3 Å². The minimum atomic E-state index is -0.870. The van der Waals surface area contributed by atoms with Crippen LogP contribution in [0.4, 0.5) is 8.78 Å². The standard InChI is InChI=1S/C25H23ClF2N4O6.CH4/c1-14-3-4-15(22(33)30-19-12-38-32(24(19)34)7-8-36-2)9-20(14)31-13-29-23(21(26)25(31)35)37-11-16-5-6-17(27)10-18(16)28;/h3-6,9-10,13,19H,7-8,11-12H2,1-2H3,(H,30,33);1H4/t19-;/m1./s1. The number of hydroxylamine groups is 2. The molecule has 0 radical (unpaired) electrons. The molecule has 39 heavy (non-hydrogen) atoms. The molecule has 2 amide bonds. The van der Waals surface area contributed by atoms with Crippen LogP contribution in [0, 0.1) is 18.6 Å². The number of benzene rings is 2. The van der Waals surface area contributed by atoms with E-state index in [0.717, 1.165) is 22.0 Å². The molecule has 1 aliphatic heterocycles. The zero-order valence-corrected chi connectivity index (χ0v) is 21.1. The maximum absolute atomic E-state index is 13.9. The quantitative estimate of drug-likeness (QED) is 0.425. The van der Waals surface area contributed by atoms with Gasteiger partial charge in [0, 0.05) is 24.3 Å². The second-order valence-electron chi connectivity index (χ2n) is 8.32. The summed E-state index contributed by atoms with van der Waals surface area (Å²) in [5, 5.41) is 3.39. The van der Waals surface area contributed by atoms with Gasteiger partial charge in [0.2, 0.25) is 5.88 Å². The fourth-order valence-corrected chi connectivity index (χ4v) is 3.85. The van der Waals surface area contributed by atoms with Crippen LogP contribution in [0.3, 0.4) is 0 Å². The van der Waals surface area contributed by atoms with Crippen molar-refractivity contribution in [3.63, 3.8) is 0 Å². The van der Waals surface area contributed by atoms with Gasteiger partial charge in [0.05, 0.1) is 18.8 Å². The Kier molecular flexibility index (Phi) is 9.73. The van der Waals surface area contributed by atoms with Crippen molar-refractivity contribution in [1.82, 2.24) is 19.9 Å². The number of carbonyl (C=O) groups is 2. The molecule has 3 aromatic rings. The van der Waals surface area contributed by atoms with Gasteiger partial charge in [0.15, 0.2) is 5.02 Å². The molecule has 0 bridgehead atoms. The van der Waals surface area contributed by atoms with Gasteiger partial charge in [-0.2, -0.15) is 0 Å². The first-order chi connectivity index (χ1) is 18.2. The monoisotopic (exact) mass is 564 g/mol. The number of hydrogen-bond donors (Lipinski definition) is 1. The van der Waals surface area contributed by atoms with Gasteiger partial charge in [0.1, 0.15) is 37.2 Å². The molecule has 0 spiro atoms. The van der Waals surface area contributed by atoms with Crippen LogP contribution in [-0.2, 0) is 21.0 Å². The normalized spacial score (nSPS) is 14.7. The van der Waals surface area contributed by atoms with Gasteiger partial charge in [-0.05, 0) is 36.8 Å². The Morgan fingerprint density at radius 2 is 2.00 bits per heavy atom. The number of hydrogen-bond acceptors (Lipinski definition) is 7. The number of halogens is 3. The first-order valence-electron chi connectivity index (χ1n) is 11.4. The zero-order valence-electron chi connectivity index (χ0n) is 20.4. The highest BCUT2D eigenvalue weighted by Crippen LogP contribution is 2.22. The lowest BCUT2D eigenvalue weighted by Crippen LogP contribution is -2.43. The number of carbonyl (C=O) groups excluding carboxylic acids is 2.